The summed E-state index contributed by atoms with van der Waals surface area (Å²) in [6.07, 6.45) is 6.29. The van der Waals surface area contributed by atoms with Crippen molar-refractivity contribution in [3.05, 3.63) is 48.3 Å². The van der Waals surface area contributed by atoms with Crippen molar-refractivity contribution in [2.45, 2.75) is 25.7 Å². The monoisotopic (exact) mass is 338 g/mol. The van der Waals surface area contributed by atoms with Crippen LogP contribution in [0.15, 0.2) is 42.6 Å². The van der Waals surface area contributed by atoms with Crippen LogP contribution in [0.1, 0.15) is 36.2 Å². The molecule has 1 amide bonds. The van der Waals surface area contributed by atoms with Gasteiger partial charge in [-0.2, -0.15) is 0 Å². The van der Waals surface area contributed by atoms with Gasteiger partial charge in [0, 0.05) is 50.4 Å². The number of nitrogens with zero attached hydrogens (tertiary/aromatic N) is 3. The number of amides is 1. The Morgan fingerprint density at radius 1 is 1.00 bits per heavy atom. The maximum atomic E-state index is 12.7. The molecule has 5 nitrogen and oxygen atoms in total. The first-order valence-electron chi connectivity index (χ1n) is 8.93. The number of carbonyl (C=O) groups excluding carboxylic acids is 1. The fraction of sp³-hybridized carbons (Fsp3) is 0.400. The fourth-order valence-electron chi connectivity index (χ4n) is 3.07. The van der Waals surface area contributed by atoms with E-state index in [0.29, 0.717) is 5.69 Å². The van der Waals surface area contributed by atoms with Crippen LogP contribution < -0.4 is 10.2 Å². The summed E-state index contributed by atoms with van der Waals surface area (Å²) in [7, 11) is 4.04. The number of nitrogens with one attached hydrogen (secondary N) is 1. The third-order valence-corrected chi connectivity index (χ3v) is 4.54. The van der Waals surface area contributed by atoms with E-state index in [4.69, 9.17) is 0 Å². The first-order valence-corrected chi connectivity index (χ1v) is 8.93. The van der Waals surface area contributed by atoms with Gasteiger partial charge in [0.1, 0.15) is 5.69 Å². The Balaban J connectivity index is 1.71. The minimum atomic E-state index is 0.0357. The van der Waals surface area contributed by atoms with Gasteiger partial charge >= 0.3 is 0 Å². The molecule has 3 rings (SSSR count). The molecule has 0 spiro atoms. The number of hydrogen-bond acceptors (Lipinski definition) is 4. The lowest BCUT2D eigenvalue weighted by molar-refractivity contribution is 0.0756. The molecule has 0 bridgehead atoms. The minimum absolute atomic E-state index is 0.0357. The zero-order chi connectivity index (χ0) is 17.6. The molecular weight excluding hydrogens is 312 g/mol. The number of hydrogen-bond donors (Lipinski definition) is 1. The van der Waals surface area contributed by atoms with E-state index < -0.39 is 0 Å². The molecule has 1 aromatic carbocycles. The van der Waals surface area contributed by atoms with Crippen molar-refractivity contribution in [3.63, 3.8) is 0 Å². The van der Waals surface area contributed by atoms with Crippen LogP contribution in [0, 0.1) is 0 Å². The highest BCUT2D eigenvalue weighted by molar-refractivity contribution is 5.93. The van der Waals surface area contributed by atoms with Gasteiger partial charge in [0.15, 0.2) is 0 Å². The predicted molar refractivity (Wildman–Crippen MR) is 103 cm³/mol. The fourth-order valence-corrected chi connectivity index (χ4v) is 3.07. The number of rotatable bonds is 4. The van der Waals surface area contributed by atoms with Crippen LogP contribution in [0.25, 0.3) is 0 Å². The first-order chi connectivity index (χ1) is 12.1. The molecule has 0 aliphatic carbocycles. The van der Waals surface area contributed by atoms with Crippen molar-refractivity contribution in [2.24, 2.45) is 0 Å². The summed E-state index contributed by atoms with van der Waals surface area (Å²) in [5.74, 6) is 0.0357. The maximum Gasteiger partial charge on any atom is 0.272 e. The number of anilines is 3. The van der Waals surface area contributed by atoms with Crippen LogP contribution in [0.3, 0.4) is 0 Å². The number of pyridine rings is 1. The van der Waals surface area contributed by atoms with Gasteiger partial charge in [-0.3, -0.25) is 9.78 Å². The van der Waals surface area contributed by atoms with E-state index in [1.165, 1.54) is 12.8 Å². The molecule has 132 valence electrons. The van der Waals surface area contributed by atoms with Gasteiger partial charge in [-0.15, -0.1) is 0 Å². The molecule has 1 N–H and O–H groups in total. The largest absolute Gasteiger partial charge is 0.378 e. The number of benzene rings is 1. The third kappa shape index (κ3) is 4.50. The zero-order valence-corrected chi connectivity index (χ0v) is 15.0. The Morgan fingerprint density at radius 2 is 1.68 bits per heavy atom. The minimum Gasteiger partial charge on any atom is -0.378 e. The third-order valence-electron chi connectivity index (χ3n) is 4.54. The lowest BCUT2D eigenvalue weighted by Crippen LogP contribution is -2.32. The van der Waals surface area contributed by atoms with Crippen molar-refractivity contribution in [2.75, 3.05) is 37.4 Å². The number of likely N-dealkylation sites (tertiary alicyclic amines) is 1. The van der Waals surface area contributed by atoms with Crippen molar-refractivity contribution >= 4 is 23.0 Å². The van der Waals surface area contributed by atoms with Gasteiger partial charge in [0.25, 0.3) is 5.91 Å². The molecule has 2 aromatic rings. The summed E-state index contributed by atoms with van der Waals surface area (Å²) in [5, 5.41) is 3.35. The molecule has 1 aromatic heterocycles. The summed E-state index contributed by atoms with van der Waals surface area (Å²) < 4.78 is 0. The molecule has 0 saturated carbocycles. The number of carbonyl (C=O) groups is 1. The molecule has 1 aliphatic heterocycles. The normalized spacial score (nSPS) is 14.7. The Hall–Kier alpha value is -2.56. The van der Waals surface area contributed by atoms with Gasteiger partial charge in [-0.1, -0.05) is 12.8 Å². The molecule has 0 unspecified atom stereocenters. The van der Waals surface area contributed by atoms with Crippen molar-refractivity contribution in [3.8, 4) is 0 Å². The Morgan fingerprint density at radius 3 is 2.32 bits per heavy atom. The van der Waals surface area contributed by atoms with Gasteiger partial charge in [-0.25, -0.2) is 0 Å². The van der Waals surface area contributed by atoms with Crippen LogP contribution in [0.4, 0.5) is 17.1 Å². The Bertz CT molecular complexity index is 704. The smallest absolute Gasteiger partial charge is 0.272 e. The van der Waals surface area contributed by atoms with E-state index in [1.807, 2.05) is 43.3 Å². The topological polar surface area (TPSA) is 48.5 Å². The molecule has 1 aliphatic rings. The highest BCUT2D eigenvalue weighted by Gasteiger charge is 2.18. The second-order valence-corrected chi connectivity index (χ2v) is 6.70. The maximum absolute atomic E-state index is 12.7. The van der Waals surface area contributed by atoms with Crippen molar-refractivity contribution < 1.29 is 4.79 Å². The molecule has 0 atom stereocenters. The standard InChI is InChI=1S/C20H26N4O/c1-23(2)18-9-7-16(8-10-18)22-17-11-12-21-19(15-17)20(25)24-13-5-3-4-6-14-24/h7-12,15H,3-6,13-14H2,1-2H3,(H,21,22). The van der Waals surface area contributed by atoms with Crippen molar-refractivity contribution in [1.29, 1.82) is 0 Å². The molecule has 25 heavy (non-hydrogen) atoms. The summed E-state index contributed by atoms with van der Waals surface area (Å²) in [6.45, 7) is 1.67. The van der Waals surface area contributed by atoms with E-state index in [2.05, 4.69) is 27.3 Å². The van der Waals surface area contributed by atoms with Gasteiger partial charge in [0.05, 0.1) is 0 Å². The lowest BCUT2D eigenvalue weighted by Gasteiger charge is -2.20. The van der Waals surface area contributed by atoms with E-state index in [0.717, 1.165) is 43.0 Å². The second-order valence-electron chi connectivity index (χ2n) is 6.70. The van der Waals surface area contributed by atoms with Crippen LogP contribution in [-0.4, -0.2) is 43.0 Å². The molecule has 2 heterocycles. The molecule has 0 radical (unpaired) electrons. The SMILES string of the molecule is CN(C)c1ccc(Nc2ccnc(C(=O)N3CCCCCC3)c2)cc1. The summed E-state index contributed by atoms with van der Waals surface area (Å²) >= 11 is 0. The predicted octanol–water partition coefficient (Wildman–Crippen LogP) is 3.91. The van der Waals surface area contributed by atoms with E-state index in [1.54, 1.807) is 6.20 Å². The molecule has 5 heteroatoms. The molecular formula is C20H26N4O. The highest BCUT2D eigenvalue weighted by Crippen LogP contribution is 2.21. The van der Waals surface area contributed by atoms with Gasteiger partial charge < -0.3 is 15.1 Å². The highest BCUT2D eigenvalue weighted by atomic mass is 16.2. The summed E-state index contributed by atoms with van der Waals surface area (Å²) in [6, 6.07) is 11.9. The Kier molecular flexibility index (Phi) is 5.53. The average molecular weight is 338 g/mol. The number of aromatic nitrogens is 1. The van der Waals surface area contributed by atoms with Gasteiger partial charge in [0.2, 0.25) is 0 Å². The van der Waals surface area contributed by atoms with Crippen molar-refractivity contribution in [1.82, 2.24) is 9.88 Å². The van der Waals surface area contributed by atoms with E-state index in [9.17, 15) is 4.79 Å². The first kappa shape index (κ1) is 17.3. The van der Waals surface area contributed by atoms with Crippen LogP contribution >= 0.6 is 0 Å². The second kappa shape index (κ2) is 8.01. The van der Waals surface area contributed by atoms with Crippen LogP contribution in [0.2, 0.25) is 0 Å². The van der Waals surface area contributed by atoms with E-state index >= 15 is 0 Å². The summed E-state index contributed by atoms with van der Waals surface area (Å²) in [5.41, 5.74) is 3.53. The van der Waals surface area contributed by atoms with Gasteiger partial charge in [-0.05, 0) is 49.2 Å². The lowest BCUT2D eigenvalue weighted by atomic mass is 10.2. The quantitative estimate of drug-likeness (QED) is 0.918. The van der Waals surface area contributed by atoms with Crippen LogP contribution in [-0.2, 0) is 0 Å². The Labute approximate surface area is 149 Å². The van der Waals surface area contributed by atoms with E-state index in [-0.39, 0.29) is 5.91 Å². The average Bonchev–Trinajstić information content (AvgIpc) is 2.91. The molecule has 1 saturated heterocycles. The summed E-state index contributed by atoms with van der Waals surface area (Å²) in [4.78, 5) is 21.0. The zero-order valence-electron chi connectivity index (χ0n) is 15.0. The van der Waals surface area contributed by atoms with Crippen LogP contribution in [0.5, 0.6) is 0 Å². The molecule has 1 fully saturated rings.